The second kappa shape index (κ2) is 8.63. The average Bonchev–Trinajstić information content (AvgIpc) is 3.45. The third kappa shape index (κ3) is 3.73. The van der Waals surface area contributed by atoms with Gasteiger partial charge in [0, 0.05) is 11.8 Å². The predicted molar refractivity (Wildman–Crippen MR) is 137 cm³/mol. The lowest BCUT2D eigenvalue weighted by Crippen LogP contribution is -2.29. The number of imide groups is 1. The molecular weight excluding hydrogens is 452 g/mol. The molecule has 0 fully saturated rings. The first-order valence-corrected chi connectivity index (χ1v) is 11.5. The van der Waals surface area contributed by atoms with Crippen molar-refractivity contribution in [2.75, 3.05) is 10.2 Å². The predicted octanol–water partition coefficient (Wildman–Crippen LogP) is 5.14. The molecule has 0 atom stereocenters. The highest BCUT2D eigenvalue weighted by molar-refractivity contribution is 6.34. The molecule has 4 aromatic carbocycles. The number of aromatic nitrogens is 2. The van der Waals surface area contributed by atoms with Gasteiger partial charge in [0.25, 0.3) is 17.7 Å². The number of nitrogens with one attached hydrogen (secondary N) is 1. The van der Waals surface area contributed by atoms with Crippen LogP contribution in [0.5, 0.6) is 0 Å². The van der Waals surface area contributed by atoms with Crippen LogP contribution in [0.3, 0.4) is 0 Å². The lowest BCUT2D eigenvalue weighted by molar-refractivity contribution is 0.0924. The second-order valence-corrected chi connectivity index (χ2v) is 8.56. The summed E-state index contributed by atoms with van der Waals surface area (Å²) in [5.74, 6) is -1.16. The molecule has 6 rings (SSSR count). The zero-order valence-corrected chi connectivity index (χ0v) is 19.1. The second-order valence-electron chi connectivity index (χ2n) is 8.56. The van der Waals surface area contributed by atoms with Gasteiger partial charge in [-0.15, -0.1) is 0 Å². The molecule has 5 aromatic rings. The summed E-state index contributed by atoms with van der Waals surface area (Å²) < 4.78 is 1.77. The van der Waals surface area contributed by atoms with Gasteiger partial charge in [-0.05, 0) is 46.7 Å². The van der Waals surface area contributed by atoms with E-state index in [4.69, 9.17) is 0 Å². The number of fused-ring (bicyclic) bond motifs is 2. The number of nitrogens with zero attached hydrogens (tertiary/aromatic N) is 3. The monoisotopic (exact) mass is 472 g/mol. The first-order valence-electron chi connectivity index (χ1n) is 11.5. The summed E-state index contributed by atoms with van der Waals surface area (Å²) in [5, 5.41) is 9.56. The van der Waals surface area contributed by atoms with Crippen molar-refractivity contribution in [1.82, 2.24) is 9.78 Å². The van der Waals surface area contributed by atoms with Gasteiger partial charge in [-0.3, -0.25) is 19.1 Å². The number of hydrogen-bond donors (Lipinski definition) is 1. The SMILES string of the molecule is O=C(Nc1cnn(Cc2cccc3ccccc23)c1)c1cccc(N2C(=O)c3ccccc3C2=O)c1. The van der Waals surface area contributed by atoms with Crippen LogP contribution in [0.15, 0.2) is 103 Å². The van der Waals surface area contributed by atoms with Gasteiger partial charge in [0.2, 0.25) is 0 Å². The smallest absolute Gasteiger partial charge is 0.266 e. The molecular formula is C29H20N4O3. The Hall–Kier alpha value is -5.04. The van der Waals surface area contributed by atoms with Crippen molar-refractivity contribution in [2.24, 2.45) is 0 Å². The van der Waals surface area contributed by atoms with Gasteiger partial charge in [0.1, 0.15) is 0 Å². The van der Waals surface area contributed by atoms with Crippen molar-refractivity contribution in [1.29, 1.82) is 0 Å². The topological polar surface area (TPSA) is 84.3 Å². The summed E-state index contributed by atoms with van der Waals surface area (Å²) in [6, 6.07) is 27.5. The molecule has 1 aliphatic rings. The molecule has 36 heavy (non-hydrogen) atoms. The number of benzene rings is 4. The summed E-state index contributed by atoms with van der Waals surface area (Å²) in [6.45, 7) is 0.562. The van der Waals surface area contributed by atoms with E-state index in [0.717, 1.165) is 21.2 Å². The molecule has 7 heteroatoms. The quantitative estimate of drug-likeness (QED) is 0.359. The molecule has 1 aliphatic heterocycles. The fraction of sp³-hybridized carbons (Fsp3) is 0.0345. The number of carbonyl (C=O) groups excluding carboxylic acids is 3. The Balaban J connectivity index is 1.20. The Morgan fingerprint density at radius 1 is 0.806 bits per heavy atom. The van der Waals surface area contributed by atoms with Crippen LogP contribution >= 0.6 is 0 Å². The molecule has 0 bridgehead atoms. The van der Waals surface area contributed by atoms with Gasteiger partial charge in [-0.25, -0.2) is 4.90 Å². The summed E-state index contributed by atoms with van der Waals surface area (Å²) in [5.41, 5.74) is 3.06. The van der Waals surface area contributed by atoms with E-state index in [9.17, 15) is 14.4 Å². The maximum atomic E-state index is 13.0. The lowest BCUT2D eigenvalue weighted by Gasteiger charge is -2.15. The molecule has 174 valence electrons. The van der Waals surface area contributed by atoms with Crippen LogP contribution in [-0.2, 0) is 6.54 Å². The Labute approximate surface area is 206 Å². The highest BCUT2D eigenvalue weighted by Crippen LogP contribution is 2.29. The number of carbonyl (C=O) groups is 3. The van der Waals surface area contributed by atoms with E-state index in [1.165, 1.54) is 6.07 Å². The van der Waals surface area contributed by atoms with Gasteiger partial charge in [-0.2, -0.15) is 5.10 Å². The number of amides is 3. The minimum atomic E-state index is -0.400. The maximum Gasteiger partial charge on any atom is 0.266 e. The summed E-state index contributed by atoms with van der Waals surface area (Å²) >= 11 is 0. The Bertz CT molecular complexity index is 1630. The standard InChI is InChI=1S/C29H20N4O3/c34-27(20-9-6-11-23(15-20)33-28(35)25-13-3-4-14-26(25)29(33)36)31-22-16-30-32(18-22)17-21-10-5-8-19-7-1-2-12-24(19)21/h1-16,18H,17H2,(H,31,34). The van der Waals surface area contributed by atoms with Crippen molar-refractivity contribution in [3.05, 3.63) is 126 Å². The van der Waals surface area contributed by atoms with Crippen LogP contribution in [-0.4, -0.2) is 27.5 Å². The summed E-state index contributed by atoms with van der Waals surface area (Å²) in [6.07, 6.45) is 3.37. The van der Waals surface area contributed by atoms with Crippen LogP contribution in [0.4, 0.5) is 11.4 Å². The molecule has 2 heterocycles. The Morgan fingerprint density at radius 3 is 2.31 bits per heavy atom. The zero-order chi connectivity index (χ0) is 24.6. The van der Waals surface area contributed by atoms with Crippen LogP contribution in [0.1, 0.15) is 36.6 Å². The molecule has 3 amide bonds. The number of hydrogen-bond acceptors (Lipinski definition) is 4. The van der Waals surface area contributed by atoms with Crippen LogP contribution < -0.4 is 10.2 Å². The van der Waals surface area contributed by atoms with Crippen LogP contribution in [0.2, 0.25) is 0 Å². The van der Waals surface area contributed by atoms with Gasteiger partial charge < -0.3 is 5.32 Å². The van der Waals surface area contributed by atoms with Gasteiger partial charge >= 0.3 is 0 Å². The third-order valence-electron chi connectivity index (χ3n) is 6.26. The molecule has 1 N–H and O–H groups in total. The van der Waals surface area contributed by atoms with Gasteiger partial charge in [0.05, 0.1) is 35.2 Å². The number of rotatable bonds is 5. The summed E-state index contributed by atoms with van der Waals surface area (Å²) in [7, 11) is 0. The van der Waals surface area contributed by atoms with Crippen molar-refractivity contribution < 1.29 is 14.4 Å². The normalized spacial score (nSPS) is 12.7. The first kappa shape index (κ1) is 21.5. The fourth-order valence-electron chi connectivity index (χ4n) is 4.53. The zero-order valence-electron chi connectivity index (χ0n) is 19.1. The molecule has 0 aliphatic carbocycles. The molecule has 0 radical (unpaired) electrons. The van der Waals surface area contributed by atoms with Crippen molar-refractivity contribution in [2.45, 2.75) is 6.54 Å². The number of anilines is 2. The van der Waals surface area contributed by atoms with Crippen molar-refractivity contribution in [3.8, 4) is 0 Å². The molecule has 0 saturated heterocycles. The van der Waals surface area contributed by atoms with E-state index in [-0.39, 0.29) is 5.91 Å². The molecule has 0 saturated carbocycles. The van der Waals surface area contributed by atoms with Gasteiger partial charge in [-0.1, -0.05) is 60.7 Å². The fourth-order valence-corrected chi connectivity index (χ4v) is 4.53. The Kier molecular flexibility index (Phi) is 5.15. The third-order valence-corrected chi connectivity index (χ3v) is 6.26. The van der Waals surface area contributed by atoms with Crippen LogP contribution in [0, 0.1) is 0 Å². The Morgan fingerprint density at radius 2 is 1.50 bits per heavy atom. The van der Waals surface area contributed by atoms with E-state index in [1.807, 2.05) is 18.2 Å². The maximum absolute atomic E-state index is 13.0. The van der Waals surface area contributed by atoms with E-state index >= 15 is 0 Å². The first-order chi connectivity index (χ1) is 17.6. The minimum absolute atomic E-state index is 0.325. The lowest BCUT2D eigenvalue weighted by atomic mass is 10.0. The van der Waals surface area contributed by atoms with E-state index < -0.39 is 11.8 Å². The highest BCUT2D eigenvalue weighted by Gasteiger charge is 2.36. The molecule has 0 spiro atoms. The van der Waals surface area contributed by atoms with Crippen molar-refractivity contribution >= 4 is 39.9 Å². The largest absolute Gasteiger partial charge is 0.319 e. The van der Waals surface area contributed by atoms with Crippen LogP contribution in [0.25, 0.3) is 10.8 Å². The van der Waals surface area contributed by atoms with Crippen molar-refractivity contribution in [3.63, 3.8) is 0 Å². The molecule has 7 nitrogen and oxygen atoms in total. The average molecular weight is 473 g/mol. The minimum Gasteiger partial charge on any atom is -0.319 e. The highest BCUT2D eigenvalue weighted by atomic mass is 16.2. The summed E-state index contributed by atoms with van der Waals surface area (Å²) in [4.78, 5) is 39.7. The molecule has 0 unspecified atom stereocenters. The van der Waals surface area contributed by atoms with E-state index in [1.54, 1.807) is 59.5 Å². The van der Waals surface area contributed by atoms with E-state index in [2.05, 4.69) is 34.7 Å². The van der Waals surface area contributed by atoms with Gasteiger partial charge in [0.15, 0.2) is 0 Å². The molecule has 1 aromatic heterocycles. The van der Waals surface area contributed by atoms with E-state index in [0.29, 0.717) is 34.6 Å².